The van der Waals surface area contributed by atoms with Crippen LogP contribution in [0.15, 0.2) is 0 Å². The van der Waals surface area contributed by atoms with Crippen molar-refractivity contribution in [2.75, 3.05) is 149 Å². The molecule has 0 bridgehead atoms. The van der Waals surface area contributed by atoms with Gasteiger partial charge in [0.2, 0.25) is 0 Å². The molecule has 0 aromatic carbocycles. The summed E-state index contributed by atoms with van der Waals surface area (Å²) in [5.74, 6) is 2.24. The molecule has 0 unspecified atom stereocenters. The Balaban J connectivity index is -0.000000308. The molecular formula is C42H97Cl3N4O4+4. The lowest BCUT2D eigenvalue weighted by molar-refractivity contribution is -0.929. The van der Waals surface area contributed by atoms with Crippen molar-refractivity contribution in [3.63, 3.8) is 0 Å². The fourth-order valence-corrected chi connectivity index (χ4v) is 7.47. The topological polar surface area (TPSA) is 80.9 Å². The Hall–Kier alpha value is 0.550. The molecule has 0 aliphatic carbocycles. The summed E-state index contributed by atoms with van der Waals surface area (Å²) in [6.45, 7) is 34.6. The van der Waals surface area contributed by atoms with E-state index in [1.54, 1.807) is 0 Å². The molecule has 0 saturated heterocycles. The average Bonchev–Trinajstić information content (AvgIpc) is 3.18. The zero-order valence-corrected chi connectivity index (χ0v) is 39.3. The molecule has 0 aromatic rings. The molecule has 0 spiro atoms. The highest BCUT2D eigenvalue weighted by atomic mass is 35.5. The summed E-state index contributed by atoms with van der Waals surface area (Å²) in [5, 5.41) is 35.2. The second-order valence-electron chi connectivity index (χ2n) is 15.3. The van der Waals surface area contributed by atoms with Crippen LogP contribution < -0.4 is 0 Å². The number of rotatable bonds is 33. The maximum atomic E-state index is 8.81. The van der Waals surface area contributed by atoms with Crippen LogP contribution >= 0.6 is 34.8 Å². The van der Waals surface area contributed by atoms with Gasteiger partial charge in [-0.05, 0) is 53.4 Å². The highest BCUT2D eigenvalue weighted by Crippen LogP contribution is 2.16. The number of aliphatic hydroxyl groups is 4. The van der Waals surface area contributed by atoms with Crippen LogP contribution in [0.25, 0.3) is 0 Å². The van der Waals surface area contributed by atoms with Crippen molar-refractivity contribution in [2.24, 2.45) is 0 Å². The molecule has 0 rings (SSSR count). The number of unbranched alkanes of at least 4 members (excludes halogenated alkanes) is 4. The number of alkyl halides is 3. The van der Waals surface area contributed by atoms with Gasteiger partial charge in [-0.1, -0.05) is 53.4 Å². The second kappa shape index (κ2) is 42.2. The first-order valence-corrected chi connectivity index (χ1v) is 23.5. The minimum absolute atomic E-state index is 0.105. The van der Waals surface area contributed by atoms with Gasteiger partial charge in [0.25, 0.3) is 0 Å². The van der Waals surface area contributed by atoms with E-state index in [1.165, 1.54) is 82.0 Å². The van der Waals surface area contributed by atoms with Gasteiger partial charge < -0.3 is 38.4 Å². The van der Waals surface area contributed by atoms with E-state index in [4.69, 9.17) is 55.2 Å². The van der Waals surface area contributed by atoms with Crippen LogP contribution in [0.2, 0.25) is 0 Å². The summed E-state index contributed by atoms with van der Waals surface area (Å²) in [6, 6.07) is 0. The zero-order valence-electron chi connectivity index (χ0n) is 37.0. The average molecular weight is 829 g/mol. The smallest absolute Gasteiger partial charge is 0.102 e. The van der Waals surface area contributed by atoms with E-state index in [2.05, 4.69) is 55.5 Å². The first kappa shape index (κ1) is 60.2. The number of quaternary nitrogens is 4. The van der Waals surface area contributed by atoms with Gasteiger partial charge in [0.05, 0.1) is 105 Å². The fraction of sp³-hybridized carbons (Fsp3) is 1.00. The molecule has 0 heterocycles. The lowest BCUT2D eigenvalue weighted by Crippen LogP contribution is -2.53. The van der Waals surface area contributed by atoms with E-state index in [-0.39, 0.29) is 19.8 Å². The molecule has 11 heteroatoms. The normalized spacial score (nSPS) is 12.0. The predicted molar refractivity (Wildman–Crippen MR) is 237 cm³/mol. The Labute approximate surface area is 347 Å². The van der Waals surface area contributed by atoms with Crippen molar-refractivity contribution in [2.45, 2.75) is 126 Å². The second-order valence-corrected chi connectivity index (χ2v) is 16.4. The van der Waals surface area contributed by atoms with E-state index in [9.17, 15) is 0 Å². The summed E-state index contributed by atoms with van der Waals surface area (Å²) < 4.78 is 4.13. The predicted octanol–water partition coefficient (Wildman–Crippen LogP) is 7.98. The SMILES string of the molecule is CCCC[N+](CCCC)(CCCC)CCCC.CC[N+](CC)(CC)CCO.CC[N+](CCO)(CCO)CCO.C[N+](CCCCl)(CCCCl)CCCCl. The Morgan fingerprint density at radius 2 is 0.566 bits per heavy atom. The van der Waals surface area contributed by atoms with Gasteiger partial charge in [0.1, 0.15) is 26.2 Å². The third kappa shape index (κ3) is 33.2. The molecule has 0 saturated carbocycles. The number of halogens is 3. The number of hydrogen-bond acceptors (Lipinski definition) is 4. The van der Waals surface area contributed by atoms with Crippen LogP contribution in [0, 0.1) is 0 Å². The molecular weight excluding hydrogens is 731 g/mol. The molecule has 0 aromatic heterocycles. The zero-order chi connectivity index (χ0) is 41.3. The molecule has 0 fully saturated rings. The quantitative estimate of drug-likeness (QED) is 0.0400. The van der Waals surface area contributed by atoms with E-state index in [1.807, 2.05) is 6.92 Å². The molecule has 53 heavy (non-hydrogen) atoms. The molecule has 0 atom stereocenters. The Kier molecular flexibility index (Phi) is 47.9. The maximum absolute atomic E-state index is 8.81. The number of nitrogens with zero attached hydrogens (tertiary/aromatic N) is 4. The largest absolute Gasteiger partial charge is 0.391 e. The van der Waals surface area contributed by atoms with E-state index < -0.39 is 0 Å². The number of likely N-dealkylation sites (N-methyl/N-ethyl adjacent to an activating group) is 2. The minimum atomic E-state index is 0.105. The highest BCUT2D eigenvalue weighted by Gasteiger charge is 2.25. The molecule has 4 N–H and O–H groups in total. The summed E-state index contributed by atoms with van der Waals surface area (Å²) in [7, 11) is 2.27. The van der Waals surface area contributed by atoms with Crippen molar-refractivity contribution >= 4 is 34.8 Å². The summed E-state index contributed by atoms with van der Waals surface area (Å²) in [4.78, 5) is 0. The van der Waals surface area contributed by atoms with Gasteiger partial charge in [0.15, 0.2) is 0 Å². The first-order chi connectivity index (χ1) is 25.4. The van der Waals surface area contributed by atoms with Crippen LogP contribution in [0.3, 0.4) is 0 Å². The number of hydrogen-bond donors (Lipinski definition) is 4. The van der Waals surface area contributed by atoms with Gasteiger partial charge in [-0.15, -0.1) is 34.8 Å². The number of aliphatic hydroxyl groups excluding tert-OH is 4. The first-order valence-electron chi connectivity index (χ1n) is 21.9. The van der Waals surface area contributed by atoms with Crippen molar-refractivity contribution in [3.8, 4) is 0 Å². The van der Waals surface area contributed by atoms with Gasteiger partial charge >= 0.3 is 0 Å². The van der Waals surface area contributed by atoms with Crippen LogP contribution in [0.1, 0.15) is 126 Å². The lowest BCUT2D eigenvalue weighted by Gasteiger charge is -2.39. The molecule has 8 nitrogen and oxygen atoms in total. The summed E-state index contributed by atoms with van der Waals surface area (Å²) in [5.41, 5.74) is 0. The van der Waals surface area contributed by atoms with Gasteiger partial charge in [-0.3, -0.25) is 0 Å². The van der Waals surface area contributed by atoms with Crippen molar-refractivity contribution in [1.29, 1.82) is 0 Å². The van der Waals surface area contributed by atoms with Gasteiger partial charge in [-0.25, -0.2) is 0 Å². The third-order valence-electron chi connectivity index (χ3n) is 11.4. The lowest BCUT2D eigenvalue weighted by atomic mass is 10.1. The Morgan fingerprint density at radius 3 is 0.736 bits per heavy atom. The van der Waals surface area contributed by atoms with E-state index >= 15 is 0 Å². The van der Waals surface area contributed by atoms with Crippen molar-refractivity contribution in [1.82, 2.24) is 0 Å². The fourth-order valence-electron chi connectivity index (χ4n) is 7.11. The van der Waals surface area contributed by atoms with Crippen molar-refractivity contribution < 1.29 is 38.4 Å². The molecule has 326 valence electrons. The van der Waals surface area contributed by atoms with E-state index in [0.717, 1.165) is 98.2 Å². The van der Waals surface area contributed by atoms with Gasteiger partial charge in [-0.2, -0.15) is 0 Å². The maximum Gasteiger partial charge on any atom is 0.102 e. The van der Waals surface area contributed by atoms with Crippen LogP contribution in [-0.4, -0.2) is 188 Å². The third-order valence-corrected chi connectivity index (χ3v) is 12.2. The molecule has 0 amide bonds. The highest BCUT2D eigenvalue weighted by molar-refractivity contribution is 6.18. The van der Waals surface area contributed by atoms with E-state index in [0.29, 0.717) is 30.7 Å². The Morgan fingerprint density at radius 1 is 0.321 bits per heavy atom. The minimum Gasteiger partial charge on any atom is -0.391 e. The summed E-state index contributed by atoms with van der Waals surface area (Å²) >= 11 is 17.1. The molecule has 0 radical (unpaired) electrons. The standard InChI is InChI=1S/C16H36N.C10H21Cl3N.C8H20NO3.C8H20NO/c1-5-9-13-17(14-10-6-2,15-11-7-3)16-12-8-4;1-14(8-2-5-11,9-3-6-12)10-4-7-13;1-2-9(3-6-10,4-7-11)5-8-12;1-4-9(5-2,6-3)7-8-10/h5-16H2,1-4H3;2-10H2,1H3;10-12H,2-8H2,1H3;10H,4-8H2,1-3H3/q4*+1. The molecule has 0 aliphatic heterocycles. The van der Waals surface area contributed by atoms with Crippen molar-refractivity contribution in [3.05, 3.63) is 0 Å². The van der Waals surface area contributed by atoms with Crippen LogP contribution in [0.5, 0.6) is 0 Å². The summed E-state index contributed by atoms with van der Waals surface area (Å²) in [6.07, 6.45) is 14.3. The van der Waals surface area contributed by atoms with Crippen LogP contribution in [0.4, 0.5) is 0 Å². The Bertz CT molecular complexity index is 625. The van der Waals surface area contributed by atoms with Crippen LogP contribution in [-0.2, 0) is 0 Å². The molecule has 0 aliphatic rings. The monoisotopic (exact) mass is 827 g/mol. The van der Waals surface area contributed by atoms with Gasteiger partial charge in [0, 0.05) is 36.9 Å².